The number of nitrogens with one attached hydrogen (secondary N) is 1. The third kappa shape index (κ3) is 3.37. The van der Waals surface area contributed by atoms with E-state index >= 15 is 0 Å². The van der Waals surface area contributed by atoms with Crippen LogP contribution in [0.2, 0.25) is 0 Å². The van der Waals surface area contributed by atoms with E-state index in [4.69, 9.17) is 0 Å². The van der Waals surface area contributed by atoms with Crippen LogP contribution in [0.25, 0.3) is 0 Å². The maximum absolute atomic E-state index is 12.3. The molecule has 2 aromatic rings. The van der Waals surface area contributed by atoms with Crippen LogP contribution in [-0.2, 0) is 18.4 Å². The normalized spacial score (nSPS) is 20.4. The number of aryl methyl sites for hydroxylation is 1. The molecule has 1 aliphatic heterocycles. The molecule has 25 heavy (non-hydrogen) atoms. The van der Waals surface area contributed by atoms with Crippen LogP contribution in [0.4, 0.5) is 5.82 Å². The zero-order valence-electron chi connectivity index (χ0n) is 15.5. The Bertz CT molecular complexity index is 769. The first-order valence-corrected chi connectivity index (χ1v) is 8.48. The van der Waals surface area contributed by atoms with E-state index in [1.807, 2.05) is 68.1 Å². The minimum Gasteiger partial charge on any atom is -0.363 e. The van der Waals surface area contributed by atoms with Gasteiger partial charge in [-0.3, -0.25) is 9.48 Å². The van der Waals surface area contributed by atoms with Crippen molar-refractivity contribution in [2.45, 2.75) is 32.0 Å². The topological polar surface area (TPSA) is 66.3 Å². The molecule has 3 heterocycles. The van der Waals surface area contributed by atoms with E-state index in [1.165, 1.54) is 0 Å². The van der Waals surface area contributed by atoms with Gasteiger partial charge in [-0.25, -0.2) is 4.98 Å². The molecule has 3 rings (SSSR count). The van der Waals surface area contributed by atoms with Crippen LogP contribution >= 0.6 is 0 Å². The van der Waals surface area contributed by atoms with Crippen LogP contribution in [0, 0.1) is 6.92 Å². The predicted octanol–water partition coefficient (Wildman–Crippen LogP) is 1.25. The molecule has 0 aliphatic carbocycles. The molecule has 1 amide bonds. The Morgan fingerprint density at radius 1 is 1.36 bits per heavy atom. The first-order chi connectivity index (χ1) is 11.9. The molecule has 0 aromatic carbocycles. The van der Waals surface area contributed by atoms with Gasteiger partial charge in [0.15, 0.2) is 0 Å². The molecule has 1 saturated heterocycles. The van der Waals surface area contributed by atoms with Crippen molar-refractivity contribution in [2.75, 3.05) is 26.0 Å². The second-order valence-corrected chi connectivity index (χ2v) is 6.87. The van der Waals surface area contributed by atoms with Crippen LogP contribution in [0.15, 0.2) is 24.5 Å². The lowest BCUT2D eigenvalue weighted by Gasteiger charge is -2.25. The Labute approximate surface area is 148 Å². The fraction of sp³-hybridized carbons (Fsp3) is 0.500. The Kier molecular flexibility index (Phi) is 4.76. The zero-order chi connectivity index (χ0) is 18.1. The predicted molar refractivity (Wildman–Crippen MR) is 97.3 cm³/mol. The maximum Gasteiger partial charge on any atom is 0.224 e. The molecule has 0 spiro atoms. The van der Waals surface area contributed by atoms with Crippen molar-refractivity contribution in [1.82, 2.24) is 25.0 Å². The van der Waals surface area contributed by atoms with E-state index in [1.54, 1.807) is 0 Å². The van der Waals surface area contributed by atoms with Gasteiger partial charge in [-0.15, -0.1) is 0 Å². The van der Waals surface area contributed by atoms with Crippen molar-refractivity contribution < 1.29 is 4.79 Å². The highest BCUT2D eigenvalue weighted by molar-refractivity contribution is 5.80. The van der Waals surface area contributed by atoms with Gasteiger partial charge in [0.05, 0.1) is 12.2 Å². The minimum absolute atomic E-state index is 0.0105. The number of nitrogens with zero attached hydrogens (tertiary/aromatic N) is 5. The highest BCUT2D eigenvalue weighted by Crippen LogP contribution is 2.33. The lowest BCUT2D eigenvalue weighted by Crippen LogP contribution is -2.35. The fourth-order valence-electron chi connectivity index (χ4n) is 3.35. The van der Waals surface area contributed by atoms with Crippen LogP contribution in [0.3, 0.4) is 0 Å². The van der Waals surface area contributed by atoms with Gasteiger partial charge in [-0.1, -0.05) is 0 Å². The van der Waals surface area contributed by atoms with E-state index in [-0.39, 0.29) is 18.0 Å². The first kappa shape index (κ1) is 17.4. The summed E-state index contributed by atoms with van der Waals surface area (Å²) in [5, 5.41) is 7.91. The van der Waals surface area contributed by atoms with Crippen molar-refractivity contribution in [3.05, 3.63) is 41.3 Å². The average molecular weight is 342 g/mol. The summed E-state index contributed by atoms with van der Waals surface area (Å²) in [6.07, 6.45) is 4.20. The van der Waals surface area contributed by atoms with Gasteiger partial charge >= 0.3 is 0 Å². The van der Waals surface area contributed by atoms with Gasteiger partial charge in [0, 0.05) is 64.7 Å². The maximum atomic E-state index is 12.3. The summed E-state index contributed by atoms with van der Waals surface area (Å²) in [4.78, 5) is 20.4. The molecule has 1 aliphatic rings. The third-order valence-electron chi connectivity index (χ3n) is 5.01. The van der Waals surface area contributed by atoms with E-state index in [0.29, 0.717) is 13.0 Å². The van der Waals surface area contributed by atoms with E-state index in [9.17, 15) is 4.79 Å². The summed E-state index contributed by atoms with van der Waals surface area (Å²) in [6.45, 7) is 2.74. The second-order valence-electron chi connectivity index (χ2n) is 6.87. The fourth-order valence-corrected chi connectivity index (χ4v) is 3.35. The number of rotatable bonds is 5. The van der Waals surface area contributed by atoms with Crippen molar-refractivity contribution in [3.8, 4) is 0 Å². The molecule has 7 heteroatoms. The van der Waals surface area contributed by atoms with Crippen molar-refractivity contribution in [2.24, 2.45) is 7.05 Å². The van der Waals surface area contributed by atoms with Gasteiger partial charge in [-0.2, -0.15) is 5.10 Å². The van der Waals surface area contributed by atoms with Gasteiger partial charge < -0.3 is 15.1 Å². The molecule has 1 N–H and O–H groups in total. The number of anilines is 1. The summed E-state index contributed by atoms with van der Waals surface area (Å²) >= 11 is 0. The molecule has 2 aromatic heterocycles. The largest absolute Gasteiger partial charge is 0.363 e. The van der Waals surface area contributed by atoms with Gasteiger partial charge in [0.25, 0.3) is 0 Å². The second kappa shape index (κ2) is 6.84. The lowest BCUT2D eigenvalue weighted by atomic mass is 10.0. The number of hydrogen-bond acceptors (Lipinski definition) is 5. The summed E-state index contributed by atoms with van der Waals surface area (Å²) in [6, 6.07) is 4.15. The Morgan fingerprint density at radius 3 is 2.76 bits per heavy atom. The van der Waals surface area contributed by atoms with E-state index in [0.717, 1.165) is 22.6 Å². The van der Waals surface area contributed by atoms with Crippen LogP contribution < -0.4 is 10.2 Å². The van der Waals surface area contributed by atoms with Crippen molar-refractivity contribution >= 4 is 11.7 Å². The molecule has 7 nitrogen and oxygen atoms in total. The monoisotopic (exact) mass is 342 g/mol. The van der Waals surface area contributed by atoms with Gasteiger partial charge in [0.2, 0.25) is 5.91 Å². The summed E-state index contributed by atoms with van der Waals surface area (Å²) in [7, 11) is 7.76. The highest BCUT2D eigenvalue weighted by Gasteiger charge is 2.39. The number of hydrogen-bond donors (Lipinski definition) is 1. The molecule has 2 atom stereocenters. The summed E-state index contributed by atoms with van der Waals surface area (Å²) in [5.41, 5.74) is 3.36. The quantitative estimate of drug-likeness (QED) is 0.886. The van der Waals surface area contributed by atoms with Gasteiger partial charge in [-0.05, 0) is 24.6 Å². The minimum atomic E-state index is 0.0105. The molecule has 0 unspecified atom stereocenters. The molecule has 0 saturated carbocycles. The number of carbonyl (C=O) groups excluding carboxylic acids is 1. The Hall–Kier alpha value is -2.41. The van der Waals surface area contributed by atoms with Crippen molar-refractivity contribution in [1.29, 1.82) is 0 Å². The highest BCUT2D eigenvalue weighted by atomic mass is 16.2. The number of carbonyl (C=O) groups is 1. The molecule has 134 valence electrons. The Balaban J connectivity index is 1.77. The Morgan fingerprint density at radius 2 is 2.12 bits per heavy atom. The summed E-state index contributed by atoms with van der Waals surface area (Å²) < 4.78 is 1.86. The average Bonchev–Trinajstić information content (AvgIpc) is 3.06. The molecule has 0 bridgehead atoms. The molecular weight excluding hydrogens is 316 g/mol. The zero-order valence-corrected chi connectivity index (χ0v) is 15.5. The molecule has 0 radical (unpaired) electrons. The summed E-state index contributed by atoms with van der Waals surface area (Å²) in [5.74, 6) is 1.09. The number of likely N-dealkylation sites (N-methyl/N-ethyl adjacent to an activating group) is 1. The van der Waals surface area contributed by atoms with Crippen LogP contribution in [0.1, 0.15) is 29.3 Å². The van der Waals surface area contributed by atoms with E-state index in [2.05, 4.69) is 21.5 Å². The lowest BCUT2D eigenvalue weighted by molar-refractivity contribution is -0.127. The molecule has 1 fully saturated rings. The molecular formula is C18H26N6O. The third-order valence-corrected chi connectivity index (χ3v) is 5.01. The first-order valence-electron chi connectivity index (χ1n) is 8.48. The standard InChI is InChI=1S/C18H26N6O/c1-12-14(11-21-24(12)5)18-15(9-17(25)23(18)4)20-10-13-6-7-19-16(8-13)22(2)3/h6-8,11,15,18,20H,9-10H2,1-5H3/t15-,18+/m1/s1. The SMILES string of the molecule is Cc1c([C@H]2[C@H](NCc3ccnc(N(C)C)c3)CC(=O)N2C)cnn1C. The number of aromatic nitrogens is 3. The number of pyridine rings is 1. The number of amides is 1. The van der Waals surface area contributed by atoms with Gasteiger partial charge in [0.1, 0.15) is 5.82 Å². The van der Waals surface area contributed by atoms with Crippen LogP contribution in [0.5, 0.6) is 0 Å². The smallest absolute Gasteiger partial charge is 0.224 e. The van der Waals surface area contributed by atoms with Crippen LogP contribution in [-0.4, -0.2) is 52.8 Å². The van der Waals surface area contributed by atoms with E-state index < -0.39 is 0 Å². The number of likely N-dealkylation sites (tertiary alicyclic amines) is 1. The van der Waals surface area contributed by atoms with Crippen molar-refractivity contribution in [3.63, 3.8) is 0 Å².